The zero-order chi connectivity index (χ0) is 16.6. The maximum absolute atomic E-state index is 11.0. The summed E-state index contributed by atoms with van der Waals surface area (Å²) in [4.78, 5) is 19.2. The molecule has 2 aromatic heterocycles. The monoisotopic (exact) mass is 318 g/mol. The summed E-state index contributed by atoms with van der Waals surface area (Å²) >= 11 is 0. The van der Waals surface area contributed by atoms with Gasteiger partial charge in [0.05, 0.1) is 0 Å². The molecule has 0 bridgehead atoms. The first-order valence-corrected chi connectivity index (χ1v) is 7.93. The largest absolute Gasteiger partial charge is 0.368 e. The lowest BCUT2D eigenvalue weighted by molar-refractivity contribution is -0.391. The van der Waals surface area contributed by atoms with E-state index in [0.29, 0.717) is 17.7 Å². The molecule has 0 spiro atoms. The van der Waals surface area contributed by atoms with E-state index in [1.807, 2.05) is 13.1 Å². The van der Waals surface area contributed by atoms with Gasteiger partial charge in [0.25, 0.3) is 0 Å². The van der Waals surface area contributed by atoms with Crippen molar-refractivity contribution in [3.05, 3.63) is 28.4 Å². The summed E-state index contributed by atoms with van der Waals surface area (Å²) in [5.41, 5.74) is 0.489. The quantitative estimate of drug-likeness (QED) is 0.633. The Morgan fingerprint density at radius 3 is 2.65 bits per heavy atom. The summed E-state index contributed by atoms with van der Waals surface area (Å²) in [6.45, 7) is 6.58. The van der Waals surface area contributed by atoms with Crippen LogP contribution in [0.5, 0.6) is 0 Å². The third-order valence-corrected chi connectivity index (χ3v) is 4.66. The number of piperidine rings is 1. The average molecular weight is 318 g/mol. The molecule has 3 heterocycles. The number of nitrogens with zero attached hydrogens (tertiary/aromatic N) is 6. The second kappa shape index (κ2) is 6.11. The van der Waals surface area contributed by atoms with E-state index in [4.69, 9.17) is 0 Å². The van der Waals surface area contributed by atoms with Crippen molar-refractivity contribution < 1.29 is 4.92 Å². The molecule has 0 aromatic carbocycles. The predicted octanol–water partition coefficient (Wildman–Crippen LogP) is 1.95. The molecule has 1 aliphatic rings. The highest BCUT2D eigenvalue weighted by Crippen LogP contribution is 2.23. The van der Waals surface area contributed by atoms with E-state index in [2.05, 4.69) is 33.7 Å². The lowest BCUT2D eigenvalue weighted by Crippen LogP contribution is -2.46. The standard InChI is InChI=1S/C15H22N6O2/c1-11(2)19-8-6-12(7-9-19)18(3)14-5-4-13-16-10-15(21(22)23)20(13)17-14/h4-5,10-12H,6-9H2,1-3H3. The normalized spacial score (nSPS) is 17.0. The highest BCUT2D eigenvalue weighted by molar-refractivity contribution is 5.49. The van der Waals surface area contributed by atoms with Gasteiger partial charge in [0.15, 0.2) is 5.82 Å². The van der Waals surface area contributed by atoms with Gasteiger partial charge in [-0.15, -0.1) is 0 Å². The molecule has 8 heteroatoms. The molecule has 124 valence electrons. The minimum atomic E-state index is -0.460. The number of hydrogen-bond donors (Lipinski definition) is 0. The van der Waals surface area contributed by atoms with Crippen LogP contribution < -0.4 is 4.90 Å². The van der Waals surface area contributed by atoms with Crippen molar-refractivity contribution >= 4 is 17.3 Å². The van der Waals surface area contributed by atoms with Crippen molar-refractivity contribution in [1.29, 1.82) is 0 Å². The fourth-order valence-corrected chi connectivity index (χ4v) is 3.14. The Kier molecular flexibility index (Phi) is 4.16. The van der Waals surface area contributed by atoms with Gasteiger partial charge >= 0.3 is 5.82 Å². The average Bonchev–Trinajstić information content (AvgIpc) is 2.97. The molecule has 0 unspecified atom stereocenters. The number of anilines is 1. The van der Waals surface area contributed by atoms with E-state index < -0.39 is 4.92 Å². The summed E-state index contributed by atoms with van der Waals surface area (Å²) in [6, 6.07) is 4.62. The van der Waals surface area contributed by atoms with Crippen LogP contribution in [0.25, 0.3) is 5.65 Å². The predicted molar refractivity (Wildman–Crippen MR) is 87.8 cm³/mol. The van der Waals surface area contributed by atoms with Crippen molar-refractivity contribution in [1.82, 2.24) is 19.5 Å². The number of hydrogen-bond acceptors (Lipinski definition) is 6. The molecule has 0 N–H and O–H groups in total. The zero-order valence-corrected chi connectivity index (χ0v) is 13.7. The molecule has 1 fully saturated rings. The Balaban J connectivity index is 1.80. The molecular formula is C15H22N6O2. The van der Waals surface area contributed by atoms with Crippen LogP contribution in [0.3, 0.4) is 0 Å². The molecular weight excluding hydrogens is 296 g/mol. The molecule has 0 radical (unpaired) electrons. The van der Waals surface area contributed by atoms with Crippen LogP contribution in [0.2, 0.25) is 0 Å². The lowest BCUT2D eigenvalue weighted by atomic mass is 10.0. The van der Waals surface area contributed by atoms with Gasteiger partial charge in [-0.3, -0.25) is 0 Å². The molecule has 23 heavy (non-hydrogen) atoms. The first-order chi connectivity index (χ1) is 11.0. The summed E-state index contributed by atoms with van der Waals surface area (Å²) in [7, 11) is 2.01. The smallest absolute Gasteiger partial charge is 0.358 e. The van der Waals surface area contributed by atoms with E-state index in [1.54, 1.807) is 6.07 Å². The van der Waals surface area contributed by atoms with E-state index in [-0.39, 0.29) is 5.82 Å². The van der Waals surface area contributed by atoms with Gasteiger partial charge in [-0.2, -0.15) is 0 Å². The van der Waals surface area contributed by atoms with Gasteiger partial charge in [0, 0.05) is 38.3 Å². The van der Waals surface area contributed by atoms with Crippen LogP contribution in [0, 0.1) is 10.1 Å². The Bertz CT molecular complexity index is 705. The minimum absolute atomic E-state index is 0.107. The maximum atomic E-state index is 11.0. The third-order valence-electron chi connectivity index (χ3n) is 4.66. The maximum Gasteiger partial charge on any atom is 0.368 e. The number of likely N-dealkylation sites (tertiary alicyclic amines) is 1. The number of fused-ring (bicyclic) bond motifs is 1. The number of rotatable bonds is 4. The second-order valence-electron chi connectivity index (χ2n) is 6.31. The van der Waals surface area contributed by atoms with Crippen LogP contribution in [0.4, 0.5) is 11.6 Å². The highest BCUT2D eigenvalue weighted by Gasteiger charge is 2.26. The van der Waals surface area contributed by atoms with Crippen molar-refractivity contribution in [3.8, 4) is 0 Å². The zero-order valence-electron chi connectivity index (χ0n) is 13.7. The summed E-state index contributed by atoms with van der Waals surface area (Å²) in [5, 5.41) is 15.5. The van der Waals surface area contributed by atoms with Crippen molar-refractivity contribution in [2.45, 2.75) is 38.8 Å². The Morgan fingerprint density at radius 1 is 1.35 bits per heavy atom. The Morgan fingerprint density at radius 2 is 2.04 bits per heavy atom. The SMILES string of the molecule is CC(C)N1CCC(N(C)c2ccc3ncc([N+](=O)[O-])n3n2)CC1. The molecule has 0 aliphatic carbocycles. The first-order valence-electron chi connectivity index (χ1n) is 7.93. The van der Waals surface area contributed by atoms with Gasteiger partial charge in [-0.25, -0.2) is 4.98 Å². The van der Waals surface area contributed by atoms with Gasteiger partial charge in [-0.05, 0) is 37.7 Å². The molecule has 0 amide bonds. The first kappa shape index (κ1) is 15.7. The van der Waals surface area contributed by atoms with Crippen molar-refractivity contribution in [2.24, 2.45) is 0 Å². The van der Waals surface area contributed by atoms with Crippen LogP contribution in [-0.4, -0.2) is 56.6 Å². The third kappa shape index (κ3) is 2.98. The Labute approximate surface area is 134 Å². The van der Waals surface area contributed by atoms with E-state index in [1.165, 1.54) is 10.7 Å². The molecule has 1 aliphatic heterocycles. The molecule has 2 aromatic rings. The molecule has 3 rings (SSSR count). The van der Waals surface area contributed by atoms with Gasteiger partial charge in [0.2, 0.25) is 5.65 Å². The molecule has 8 nitrogen and oxygen atoms in total. The highest BCUT2D eigenvalue weighted by atomic mass is 16.6. The van der Waals surface area contributed by atoms with Crippen LogP contribution in [0.15, 0.2) is 18.3 Å². The van der Waals surface area contributed by atoms with Gasteiger partial charge in [-0.1, -0.05) is 9.61 Å². The van der Waals surface area contributed by atoms with Gasteiger partial charge in [0.1, 0.15) is 6.20 Å². The number of imidazole rings is 1. The van der Waals surface area contributed by atoms with E-state index in [9.17, 15) is 10.1 Å². The minimum Gasteiger partial charge on any atom is -0.358 e. The fraction of sp³-hybridized carbons (Fsp3) is 0.600. The molecule has 0 atom stereocenters. The topological polar surface area (TPSA) is 79.8 Å². The van der Waals surface area contributed by atoms with Crippen LogP contribution >= 0.6 is 0 Å². The number of aromatic nitrogens is 3. The molecule has 1 saturated heterocycles. The fourth-order valence-electron chi connectivity index (χ4n) is 3.14. The number of nitro groups is 1. The second-order valence-corrected chi connectivity index (χ2v) is 6.31. The van der Waals surface area contributed by atoms with E-state index in [0.717, 1.165) is 31.7 Å². The summed E-state index contributed by atoms with van der Waals surface area (Å²) < 4.78 is 1.30. The molecule has 0 saturated carbocycles. The van der Waals surface area contributed by atoms with Crippen molar-refractivity contribution in [2.75, 3.05) is 25.0 Å². The van der Waals surface area contributed by atoms with Crippen molar-refractivity contribution in [3.63, 3.8) is 0 Å². The lowest BCUT2D eigenvalue weighted by Gasteiger charge is -2.38. The van der Waals surface area contributed by atoms with E-state index >= 15 is 0 Å². The van der Waals surface area contributed by atoms with Crippen LogP contribution in [-0.2, 0) is 0 Å². The Hall–Kier alpha value is -2.22. The van der Waals surface area contributed by atoms with Crippen LogP contribution in [0.1, 0.15) is 26.7 Å². The summed E-state index contributed by atoms with van der Waals surface area (Å²) in [6.07, 6.45) is 3.38. The van der Waals surface area contributed by atoms with Gasteiger partial charge < -0.3 is 19.9 Å². The summed E-state index contributed by atoms with van der Waals surface area (Å²) in [5.74, 6) is 0.631.